The molecule has 0 aromatic carbocycles. The second-order valence-electron chi connectivity index (χ2n) is 2.58. The highest BCUT2D eigenvalue weighted by Crippen LogP contribution is 2.21. The molecule has 1 heterocycles. The second-order valence-corrected chi connectivity index (χ2v) is 3.44. The lowest BCUT2D eigenvalue weighted by molar-refractivity contribution is 0.295. The highest BCUT2D eigenvalue weighted by atomic mass is 79.9. The summed E-state index contributed by atoms with van der Waals surface area (Å²) in [5.41, 5.74) is 5.41. The number of hydrogen-bond acceptors (Lipinski definition) is 4. The molecule has 0 aliphatic carbocycles. The van der Waals surface area contributed by atoms with E-state index in [1.807, 2.05) is 0 Å². The van der Waals surface area contributed by atoms with Crippen LogP contribution in [0.4, 0.5) is 5.95 Å². The number of unbranched alkanes of at least 4 members (excludes halogenated alkanes) is 1. The first-order valence-corrected chi connectivity index (χ1v) is 4.94. The van der Waals surface area contributed by atoms with Crippen LogP contribution in [0.2, 0.25) is 0 Å². The summed E-state index contributed by atoms with van der Waals surface area (Å²) in [5, 5.41) is 0. The highest BCUT2D eigenvalue weighted by molar-refractivity contribution is 9.10. The first kappa shape index (κ1) is 10.2. The first-order chi connectivity index (χ1) is 6.24. The molecule has 0 fully saturated rings. The van der Waals surface area contributed by atoms with Gasteiger partial charge in [-0.15, -0.1) is 0 Å². The van der Waals surface area contributed by atoms with Crippen LogP contribution in [0.25, 0.3) is 0 Å². The zero-order valence-corrected chi connectivity index (χ0v) is 9.04. The minimum absolute atomic E-state index is 0.231. The number of nitrogens with two attached hydrogens (primary N) is 1. The van der Waals surface area contributed by atoms with E-state index in [4.69, 9.17) is 10.5 Å². The van der Waals surface area contributed by atoms with Gasteiger partial charge < -0.3 is 10.5 Å². The summed E-state index contributed by atoms with van der Waals surface area (Å²) in [6.07, 6.45) is 3.69. The van der Waals surface area contributed by atoms with E-state index in [-0.39, 0.29) is 5.95 Å². The summed E-state index contributed by atoms with van der Waals surface area (Å²) in [4.78, 5) is 7.75. The molecule has 0 unspecified atom stereocenters. The number of halogens is 1. The molecule has 0 amide bonds. The zero-order chi connectivity index (χ0) is 9.68. The van der Waals surface area contributed by atoms with E-state index in [2.05, 4.69) is 32.8 Å². The quantitative estimate of drug-likeness (QED) is 0.825. The zero-order valence-electron chi connectivity index (χ0n) is 7.46. The van der Waals surface area contributed by atoms with E-state index in [9.17, 15) is 0 Å². The topological polar surface area (TPSA) is 61.0 Å². The van der Waals surface area contributed by atoms with Gasteiger partial charge in [-0.1, -0.05) is 13.3 Å². The summed E-state index contributed by atoms with van der Waals surface area (Å²) in [7, 11) is 0. The van der Waals surface area contributed by atoms with E-state index in [1.165, 1.54) is 0 Å². The smallest absolute Gasteiger partial charge is 0.232 e. The lowest BCUT2D eigenvalue weighted by Gasteiger charge is -2.05. The molecule has 0 aliphatic rings. The summed E-state index contributed by atoms with van der Waals surface area (Å²) < 4.78 is 6.11. The lowest BCUT2D eigenvalue weighted by atomic mass is 10.4. The predicted octanol–water partition coefficient (Wildman–Crippen LogP) is 2.00. The van der Waals surface area contributed by atoms with Crippen molar-refractivity contribution in [2.75, 3.05) is 12.3 Å². The Balaban J connectivity index is 2.59. The summed E-state index contributed by atoms with van der Waals surface area (Å²) >= 11 is 3.28. The fourth-order valence-electron chi connectivity index (χ4n) is 0.779. The van der Waals surface area contributed by atoms with Crippen molar-refractivity contribution in [3.8, 4) is 5.88 Å². The van der Waals surface area contributed by atoms with Gasteiger partial charge in [-0.25, -0.2) is 4.98 Å². The van der Waals surface area contributed by atoms with E-state index in [0.717, 1.165) is 17.3 Å². The Kier molecular flexibility index (Phi) is 3.95. The van der Waals surface area contributed by atoms with Gasteiger partial charge in [-0.05, 0) is 22.4 Å². The van der Waals surface area contributed by atoms with Gasteiger partial charge in [-0.3, -0.25) is 0 Å². The highest BCUT2D eigenvalue weighted by Gasteiger charge is 2.03. The second kappa shape index (κ2) is 5.01. The van der Waals surface area contributed by atoms with E-state index in [0.29, 0.717) is 12.5 Å². The average Bonchev–Trinajstić information content (AvgIpc) is 2.11. The molecule has 0 saturated carbocycles. The fourth-order valence-corrected chi connectivity index (χ4v) is 1.08. The molecule has 0 bridgehead atoms. The normalized spacial score (nSPS) is 10.0. The molecule has 13 heavy (non-hydrogen) atoms. The Morgan fingerprint density at radius 3 is 3.08 bits per heavy atom. The van der Waals surface area contributed by atoms with Gasteiger partial charge in [0.05, 0.1) is 17.3 Å². The molecule has 0 spiro atoms. The third-order valence-corrected chi connectivity index (χ3v) is 2.01. The van der Waals surface area contributed by atoms with Crippen LogP contribution in [0.3, 0.4) is 0 Å². The van der Waals surface area contributed by atoms with Gasteiger partial charge >= 0.3 is 0 Å². The molecule has 1 rings (SSSR count). The van der Waals surface area contributed by atoms with Crippen LogP contribution in [-0.2, 0) is 0 Å². The molecule has 4 nitrogen and oxygen atoms in total. The van der Waals surface area contributed by atoms with E-state index >= 15 is 0 Å². The predicted molar refractivity (Wildman–Crippen MR) is 54.5 cm³/mol. The third-order valence-electron chi connectivity index (χ3n) is 1.47. The first-order valence-electron chi connectivity index (χ1n) is 4.15. The maximum atomic E-state index is 5.41. The molecule has 72 valence electrons. The monoisotopic (exact) mass is 245 g/mol. The number of nitrogens with zero attached hydrogens (tertiary/aromatic N) is 2. The van der Waals surface area contributed by atoms with Gasteiger partial charge in [0.2, 0.25) is 11.8 Å². The van der Waals surface area contributed by atoms with Crippen molar-refractivity contribution in [1.29, 1.82) is 0 Å². The lowest BCUT2D eigenvalue weighted by Crippen LogP contribution is -2.02. The van der Waals surface area contributed by atoms with Crippen molar-refractivity contribution in [3.05, 3.63) is 10.7 Å². The molecule has 5 heteroatoms. The van der Waals surface area contributed by atoms with Crippen LogP contribution in [0, 0.1) is 0 Å². The number of rotatable bonds is 4. The minimum atomic E-state index is 0.231. The molecular weight excluding hydrogens is 234 g/mol. The average molecular weight is 246 g/mol. The van der Waals surface area contributed by atoms with E-state index < -0.39 is 0 Å². The van der Waals surface area contributed by atoms with Gasteiger partial charge in [0, 0.05) is 0 Å². The Labute approximate surface area is 85.7 Å². The molecular formula is C8H12BrN3O. The molecule has 0 saturated heterocycles. The van der Waals surface area contributed by atoms with Crippen LogP contribution in [0.15, 0.2) is 10.7 Å². The maximum Gasteiger partial charge on any atom is 0.232 e. The molecule has 1 aromatic heterocycles. The molecule has 1 aromatic rings. The fraction of sp³-hybridized carbons (Fsp3) is 0.500. The van der Waals surface area contributed by atoms with Gasteiger partial charge in [0.25, 0.3) is 0 Å². The van der Waals surface area contributed by atoms with Gasteiger partial charge in [0.15, 0.2) is 0 Å². The van der Waals surface area contributed by atoms with Crippen LogP contribution in [0.1, 0.15) is 19.8 Å². The summed E-state index contributed by atoms with van der Waals surface area (Å²) in [6.45, 7) is 2.76. The largest absolute Gasteiger partial charge is 0.477 e. The van der Waals surface area contributed by atoms with Crippen molar-refractivity contribution in [3.63, 3.8) is 0 Å². The Morgan fingerprint density at radius 1 is 1.62 bits per heavy atom. The van der Waals surface area contributed by atoms with Gasteiger partial charge in [0.1, 0.15) is 0 Å². The third kappa shape index (κ3) is 3.18. The van der Waals surface area contributed by atoms with Crippen LogP contribution in [0.5, 0.6) is 5.88 Å². The molecule has 0 aliphatic heterocycles. The van der Waals surface area contributed by atoms with Crippen molar-refractivity contribution in [2.24, 2.45) is 0 Å². The van der Waals surface area contributed by atoms with E-state index in [1.54, 1.807) is 6.20 Å². The van der Waals surface area contributed by atoms with Crippen molar-refractivity contribution < 1.29 is 4.74 Å². The summed E-state index contributed by atoms with van der Waals surface area (Å²) in [5.74, 6) is 0.746. The number of ether oxygens (including phenoxy) is 1. The molecule has 2 N–H and O–H groups in total. The van der Waals surface area contributed by atoms with Crippen LogP contribution < -0.4 is 10.5 Å². The summed E-state index contributed by atoms with van der Waals surface area (Å²) in [6, 6.07) is 0. The number of nitrogen functional groups attached to an aromatic ring is 1. The number of anilines is 1. The number of aromatic nitrogens is 2. The number of hydrogen-bond donors (Lipinski definition) is 1. The Morgan fingerprint density at radius 2 is 2.38 bits per heavy atom. The van der Waals surface area contributed by atoms with Crippen LogP contribution in [-0.4, -0.2) is 16.6 Å². The van der Waals surface area contributed by atoms with Crippen molar-refractivity contribution in [1.82, 2.24) is 9.97 Å². The molecule has 0 radical (unpaired) electrons. The molecule has 0 atom stereocenters. The van der Waals surface area contributed by atoms with Crippen molar-refractivity contribution >= 4 is 21.9 Å². The Bertz CT molecular complexity index is 280. The standard InChI is InChI=1S/C8H12BrN3O/c1-2-3-4-13-7-6(9)5-11-8(10)12-7/h5H,2-4H2,1H3,(H2,10,11,12). The van der Waals surface area contributed by atoms with Crippen molar-refractivity contribution in [2.45, 2.75) is 19.8 Å². The van der Waals surface area contributed by atoms with Crippen LogP contribution >= 0.6 is 15.9 Å². The minimum Gasteiger partial charge on any atom is -0.477 e. The van der Waals surface area contributed by atoms with Gasteiger partial charge in [-0.2, -0.15) is 4.98 Å². The SMILES string of the molecule is CCCCOc1nc(N)ncc1Br. The Hall–Kier alpha value is -0.840. The maximum absolute atomic E-state index is 5.41.